The molecular weight excluding hydrogens is 429 g/mol. The Kier molecular flexibility index (Phi) is 5.68. The van der Waals surface area contributed by atoms with Gasteiger partial charge in [0.1, 0.15) is 23.0 Å². The van der Waals surface area contributed by atoms with Gasteiger partial charge in [-0.2, -0.15) is 0 Å². The summed E-state index contributed by atoms with van der Waals surface area (Å²) >= 11 is 1.63. The molecule has 0 aliphatic rings. The number of aryl methyl sites for hydroxylation is 2. The van der Waals surface area contributed by atoms with E-state index >= 15 is 0 Å². The molecule has 33 heavy (non-hydrogen) atoms. The SMILES string of the molecule is Cc1cc(C)n2c(NCc3ccc(F)cc3)c(-c3ccc(C#Cc4ccccc4)s3)nc2c1. The normalized spacial score (nSPS) is 10.8. The molecule has 0 unspecified atom stereocenters. The van der Waals surface area contributed by atoms with E-state index in [0.29, 0.717) is 6.54 Å². The maximum absolute atomic E-state index is 13.3. The van der Waals surface area contributed by atoms with Crippen molar-refractivity contribution in [2.45, 2.75) is 20.4 Å². The van der Waals surface area contributed by atoms with Crippen LogP contribution in [0, 0.1) is 31.5 Å². The summed E-state index contributed by atoms with van der Waals surface area (Å²) in [6.07, 6.45) is 0. The molecule has 5 aromatic rings. The van der Waals surface area contributed by atoms with Crippen LogP contribution in [0.1, 0.15) is 27.3 Å². The number of hydrogen-bond acceptors (Lipinski definition) is 3. The molecule has 0 spiro atoms. The Balaban J connectivity index is 1.53. The smallest absolute Gasteiger partial charge is 0.140 e. The largest absolute Gasteiger partial charge is 0.365 e. The third-order valence-corrected chi connectivity index (χ3v) is 6.37. The van der Waals surface area contributed by atoms with Gasteiger partial charge in [0.15, 0.2) is 0 Å². The van der Waals surface area contributed by atoms with Crippen molar-refractivity contribution >= 4 is 22.8 Å². The number of rotatable bonds is 4. The lowest BCUT2D eigenvalue weighted by Crippen LogP contribution is -2.05. The first-order chi connectivity index (χ1) is 16.1. The molecule has 0 saturated heterocycles. The molecule has 162 valence electrons. The van der Waals surface area contributed by atoms with Crippen LogP contribution in [-0.4, -0.2) is 9.38 Å². The molecule has 3 heterocycles. The van der Waals surface area contributed by atoms with E-state index in [0.717, 1.165) is 43.7 Å². The summed E-state index contributed by atoms with van der Waals surface area (Å²) in [6, 6.07) is 24.9. The Hall–Kier alpha value is -3.88. The van der Waals surface area contributed by atoms with E-state index < -0.39 is 0 Å². The zero-order chi connectivity index (χ0) is 22.8. The zero-order valence-corrected chi connectivity index (χ0v) is 19.2. The highest BCUT2D eigenvalue weighted by atomic mass is 32.1. The van der Waals surface area contributed by atoms with Gasteiger partial charge in [-0.25, -0.2) is 9.37 Å². The predicted molar refractivity (Wildman–Crippen MR) is 134 cm³/mol. The molecule has 5 heteroatoms. The Morgan fingerprint density at radius 3 is 2.52 bits per heavy atom. The minimum absolute atomic E-state index is 0.233. The Morgan fingerprint density at radius 1 is 0.939 bits per heavy atom. The Bertz CT molecular complexity index is 1490. The van der Waals surface area contributed by atoms with Crippen LogP contribution in [0.4, 0.5) is 10.2 Å². The predicted octanol–water partition coefficient (Wildman–Crippen LogP) is 6.83. The lowest BCUT2D eigenvalue weighted by molar-refractivity contribution is 0.627. The third kappa shape index (κ3) is 4.52. The molecule has 0 aliphatic carbocycles. The fourth-order valence-corrected chi connectivity index (χ4v) is 4.69. The summed E-state index contributed by atoms with van der Waals surface area (Å²) in [6.45, 7) is 4.73. The molecule has 0 atom stereocenters. The van der Waals surface area contributed by atoms with Gasteiger partial charge in [-0.15, -0.1) is 11.3 Å². The summed E-state index contributed by atoms with van der Waals surface area (Å²) in [7, 11) is 0. The van der Waals surface area contributed by atoms with Gasteiger partial charge in [-0.05, 0) is 73.5 Å². The van der Waals surface area contributed by atoms with Gasteiger partial charge in [0, 0.05) is 17.8 Å². The standard InChI is InChI=1S/C28H22FN3S/c1-19-16-20(2)32-26(17-19)31-27(28(32)30-18-22-8-11-23(29)12-9-22)25-15-14-24(33-25)13-10-21-6-4-3-5-7-21/h3-9,11-12,14-17,30H,18H2,1-2H3. The van der Waals surface area contributed by atoms with Crippen LogP contribution < -0.4 is 5.32 Å². The van der Waals surface area contributed by atoms with Crippen LogP contribution in [0.25, 0.3) is 16.2 Å². The van der Waals surface area contributed by atoms with Crippen molar-refractivity contribution in [2.75, 3.05) is 5.32 Å². The highest BCUT2D eigenvalue weighted by Crippen LogP contribution is 2.35. The quantitative estimate of drug-likeness (QED) is 0.304. The number of aromatic nitrogens is 2. The second-order valence-corrected chi connectivity index (χ2v) is 9.02. The topological polar surface area (TPSA) is 29.3 Å². The monoisotopic (exact) mass is 451 g/mol. The second kappa shape index (κ2) is 8.93. The molecule has 5 rings (SSSR count). The highest BCUT2D eigenvalue weighted by Gasteiger charge is 2.17. The lowest BCUT2D eigenvalue weighted by Gasteiger charge is -2.11. The highest BCUT2D eigenvalue weighted by molar-refractivity contribution is 7.16. The van der Waals surface area contributed by atoms with E-state index in [2.05, 4.69) is 53.6 Å². The number of pyridine rings is 1. The van der Waals surface area contributed by atoms with Gasteiger partial charge in [-0.1, -0.05) is 42.2 Å². The number of nitrogens with one attached hydrogen (secondary N) is 1. The molecular formula is C28H22FN3S. The molecule has 3 nitrogen and oxygen atoms in total. The van der Waals surface area contributed by atoms with Crippen LogP contribution in [0.2, 0.25) is 0 Å². The van der Waals surface area contributed by atoms with Gasteiger partial charge in [0.25, 0.3) is 0 Å². The average molecular weight is 452 g/mol. The summed E-state index contributed by atoms with van der Waals surface area (Å²) in [5.41, 5.74) is 6.06. The van der Waals surface area contributed by atoms with Crippen molar-refractivity contribution in [2.24, 2.45) is 0 Å². The van der Waals surface area contributed by atoms with Crippen molar-refractivity contribution < 1.29 is 4.39 Å². The molecule has 3 aromatic heterocycles. The van der Waals surface area contributed by atoms with Crippen molar-refractivity contribution in [3.8, 4) is 22.4 Å². The first-order valence-electron chi connectivity index (χ1n) is 10.7. The van der Waals surface area contributed by atoms with E-state index in [1.54, 1.807) is 23.5 Å². The number of thiophene rings is 1. The van der Waals surface area contributed by atoms with Gasteiger partial charge in [-0.3, -0.25) is 4.40 Å². The lowest BCUT2D eigenvalue weighted by atomic mass is 10.2. The fourth-order valence-electron chi connectivity index (χ4n) is 3.84. The van der Waals surface area contributed by atoms with Gasteiger partial charge in [0.05, 0.1) is 9.75 Å². The van der Waals surface area contributed by atoms with Crippen LogP contribution in [0.15, 0.2) is 78.9 Å². The van der Waals surface area contributed by atoms with E-state index in [1.165, 1.54) is 17.7 Å². The minimum Gasteiger partial charge on any atom is -0.365 e. The second-order valence-electron chi connectivity index (χ2n) is 7.94. The Labute approximate surface area is 196 Å². The maximum Gasteiger partial charge on any atom is 0.140 e. The molecule has 1 N–H and O–H groups in total. The molecule has 0 bridgehead atoms. The molecule has 0 radical (unpaired) electrons. The summed E-state index contributed by atoms with van der Waals surface area (Å²) in [5, 5.41) is 3.55. The third-order valence-electron chi connectivity index (χ3n) is 5.37. The minimum atomic E-state index is -0.233. The average Bonchev–Trinajstić information content (AvgIpc) is 3.42. The molecule has 2 aromatic carbocycles. The van der Waals surface area contributed by atoms with Crippen molar-refractivity contribution in [1.29, 1.82) is 0 Å². The maximum atomic E-state index is 13.3. The summed E-state index contributed by atoms with van der Waals surface area (Å²) in [5.74, 6) is 7.18. The molecule has 0 fully saturated rings. The van der Waals surface area contributed by atoms with E-state index in [1.807, 2.05) is 36.4 Å². The van der Waals surface area contributed by atoms with E-state index in [-0.39, 0.29) is 5.82 Å². The number of benzene rings is 2. The number of nitrogens with zero attached hydrogens (tertiary/aromatic N) is 2. The Morgan fingerprint density at radius 2 is 1.73 bits per heavy atom. The van der Waals surface area contributed by atoms with Crippen LogP contribution in [-0.2, 0) is 6.54 Å². The first kappa shape index (κ1) is 21.0. The number of hydrogen-bond donors (Lipinski definition) is 1. The van der Waals surface area contributed by atoms with Crippen LogP contribution in [0.3, 0.4) is 0 Å². The number of imidazole rings is 1. The van der Waals surface area contributed by atoms with Crippen molar-refractivity contribution in [1.82, 2.24) is 9.38 Å². The summed E-state index contributed by atoms with van der Waals surface area (Å²) < 4.78 is 15.5. The van der Waals surface area contributed by atoms with Crippen LogP contribution >= 0.6 is 11.3 Å². The number of fused-ring (bicyclic) bond motifs is 1. The molecule has 0 saturated carbocycles. The van der Waals surface area contributed by atoms with Gasteiger partial charge in [0.2, 0.25) is 0 Å². The van der Waals surface area contributed by atoms with Crippen molar-refractivity contribution in [3.63, 3.8) is 0 Å². The van der Waals surface area contributed by atoms with Gasteiger partial charge >= 0.3 is 0 Å². The summed E-state index contributed by atoms with van der Waals surface area (Å²) in [4.78, 5) is 7.01. The molecule has 0 amide bonds. The number of halogens is 1. The van der Waals surface area contributed by atoms with E-state index in [9.17, 15) is 4.39 Å². The zero-order valence-electron chi connectivity index (χ0n) is 18.4. The van der Waals surface area contributed by atoms with Gasteiger partial charge < -0.3 is 5.32 Å². The fraction of sp³-hybridized carbons (Fsp3) is 0.107. The van der Waals surface area contributed by atoms with E-state index in [4.69, 9.17) is 4.98 Å². The molecule has 0 aliphatic heterocycles. The first-order valence-corrected chi connectivity index (χ1v) is 11.5. The van der Waals surface area contributed by atoms with Crippen molar-refractivity contribution in [3.05, 3.63) is 112 Å². The van der Waals surface area contributed by atoms with Crippen LogP contribution in [0.5, 0.6) is 0 Å². The number of anilines is 1.